The maximum absolute atomic E-state index is 12.4. The van der Waals surface area contributed by atoms with Gasteiger partial charge in [-0.15, -0.1) is 0 Å². The molecule has 0 radical (unpaired) electrons. The van der Waals surface area contributed by atoms with Crippen LogP contribution in [0.5, 0.6) is 0 Å². The standard InChI is InChI=1S/C15H15N5O/c1-9-5-10(2)13(6-12(9)16)19-15(21)11-7-18-20-4-3-17-8-14(11)20/h3-8H,16H2,1-2H3,(H,19,21). The number of nitrogen functional groups attached to an aromatic ring is 1. The first-order valence-electron chi connectivity index (χ1n) is 6.51. The smallest absolute Gasteiger partial charge is 0.259 e. The zero-order valence-electron chi connectivity index (χ0n) is 11.8. The molecule has 6 heteroatoms. The minimum absolute atomic E-state index is 0.232. The normalized spacial score (nSPS) is 10.8. The van der Waals surface area contributed by atoms with Crippen molar-refractivity contribution in [2.24, 2.45) is 0 Å². The molecule has 21 heavy (non-hydrogen) atoms. The molecule has 106 valence electrons. The largest absolute Gasteiger partial charge is 0.398 e. The molecule has 2 heterocycles. The molecule has 0 saturated carbocycles. The molecule has 0 saturated heterocycles. The molecule has 6 nitrogen and oxygen atoms in total. The van der Waals surface area contributed by atoms with Gasteiger partial charge in [0.05, 0.1) is 23.5 Å². The van der Waals surface area contributed by atoms with Gasteiger partial charge in [-0.25, -0.2) is 4.52 Å². The minimum Gasteiger partial charge on any atom is -0.398 e. The van der Waals surface area contributed by atoms with E-state index in [1.54, 1.807) is 29.2 Å². The molecule has 0 bridgehead atoms. The fourth-order valence-corrected chi connectivity index (χ4v) is 2.20. The maximum atomic E-state index is 12.4. The highest BCUT2D eigenvalue weighted by Gasteiger charge is 2.14. The molecule has 0 aliphatic carbocycles. The summed E-state index contributed by atoms with van der Waals surface area (Å²) < 4.78 is 1.61. The minimum atomic E-state index is -0.232. The Morgan fingerprint density at radius 1 is 1.24 bits per heavy atom. The number of benzene rings is 1. The molecule has 0 aliphatic rings. The summed E-state index contributed by atoms with van der Waals surface area (Å²) in [4.78, 5) is 16.4. The fourth-order valence-electron chi connectivity index (χ4n) is 2.20. The molecule has 0 aliphatic heterocycles. The molecule has 0 spiro atoms. The Balaban J connectivity index is 1.95. The second-order valence-corrected chi connectivity index (χ2v) is 4.94. The van der Waals surface area contributed by atoms with E-state index in [-0.39, 0.29) is 5.91 Å². The Labute approximate surface area is 121 Å². The lowest BCUT2D eigenvalue weighted by Crippen LogP contribution is -2.13. The highest BCUT2D eigenvalue weighted by molar-refractivity contribution is 6.09. The SMILES string of the molecule is Cc1cc(C)c(NC(=O)c2cnn3ccncc23)cc1N. The number of nitrogens with two attached hydrogens (primary N) is 1. The van der Waals surface area contributed by atoms with Crippen LogP contribution in [-0.4, -0.2) is 20.5 Å². The molecule has 3 N–H and O–H groups in total. The lowest BCUT2D eigenvalue weighted by atomic mass is 10.1. The highest BCUT2D eigenvalue weighted by Crippen LogP contribution is 2.23. The van der Waals surface area contributed by atoms with Crippen molar-refractivity contribution in [1.29, 1.82) is 0 Å². The lowest BCUT2D eigenvalue weighted by molar-refractivity contribution is 0.102. The van der Waals surface area contributed by atoms with Crippen LogP contribution in [0.2, 0.25) is 0 Å². The molecule has 1 amide bonds. The van der Waals surface area contributed by atoms with Gasteiger partial charge in [0.15, 0.2) is 0 Å². The van der Waals surface area contributed by atoms with Gasteiger partial charge in [-0.2, -0.15) is 5.10 Å². The summed E-state index contributed by atoms with van der Waals surface area (Å²) in [6.07, 6.45) is 6.45. The quantitative estimate of drug-likeness (QED) is 0.705. The van der Waals surface area contributed by atoms with Crippen LogP contribution in [-0.2, 0) is 0 Å². The van der Waals surface area contributed by atoms with E-state index in [9.17, 15) is 4.79 Å². The summed E-state index contributed by atoms with van der Waals surface area (Å²) in [6.45, 7) is 3.87. The molecule has 0 unspecified atom stereocenters. The monoisotopic (exact) mass is 281 g/mol. The number of nitrogens with zero attached hydrogens (tertiary/aromatic N) is 3. The summed E-state index contributed by atoms with van der Waals surface area (Å²) >= 11 is 0. The van der Waals surface area contributed by atoms with E-state index >= 15 is 0 Å². The third-order valence-corrected chi connectivity index (χ3v) is 3.43. The number of amides is 1. The Kier molecular flexibility index (Phi) is 3.06. The van der Waals surface area contributed by atoms with Crippen LogP contribution in [0, 0.1) is 13.8 Å². The van der Waals surface area contributed by atoms with E-state index in [2.05, 4.69) is 15.4 Å². The topological polar surface area (TPSA) is 85.3 Å². The second-order valence-electron chi connectivity index (χ2n) is 4.94. The predicted molar refractivity (Wildman–Crippen MR) is 81.3 cm³/mol. The number of hydrogen-bond acceptors (Lipinski definition) is 4. The van der Waals surface area contributed by atoms with Crippen LogP contribution in [0.25, 0.3) is 5.52 Å². The van der Waals surface area contributed by atoms with Gasteiger partial charge in [0.25, 0.3) is 5.91 Å². The average Bonchev–Trinajstić information content (AvgIpc) is 2.88. The Bertz CT molecular complexity index is 837. The third-order valence-electron chi connectivity index (χ3n) is 3.43. The van der Waals surface area contributed by atoms with Crippen molar-refractivity contribution in [1.82, 2.24) is 14.6 Å². The van der Waals surface area contributed by atoms with Gasteiger partial charge in [0, 0.05) is 23.8 Å². The van der Waals surface area contributed by atoms with Gasteiger partial charge in [0.1, 0.15) is 0 Å². The zero-order chi connectivity index (χ0) is 15.0. The fraction of sp³-hybridized carbons (Fsp3) is 0.133. The van der Waals surface area contributed by atoms with Gasteiger partial charge < -0.3 is 11.1 Å². The van der Waals surface area contributed by atoms with E-state index in [1.165, 1.54) is 6.20 Å². The van der Waals surface area contributed by atoms with Crippen LogP contribution in [0.15, 0.2) is 36.9 Å². The van der Waals surface area contributed by atoms with E-state index in [1.807, 2.05) is 19.9 Å². The number of carbonyl (C=O) groups excluding carboxylic acids is 1. The van der Waals surface area contributed by atoms with Crippen LogP contribution in [0.4, 0.5) is 11.4 Å². The molecule has 2 aromatic heterocycles. The Hall–Kier alpha value is -2.89. The van der Waals surface area contributed by atoms with Crippen LogP contribution in [0.3, 0.4) is 0 Å². The van der Waals surface area contributed by atoms with Crippen LogP contribution >= 0.6 is 0 Å². The number of nitrogens with one attached hydrogen (secondary N) is 1. The van der Waals surface area contributed by atoms with E-state index in [0.717, 1.165) is 11.1 Å². The molecular formula is C15H15N5O. The van der Waals surface area contributed by atoms with Crippen molar-refractivity contribution in [3.05, 3.63) is 53.6 Å². The summed E-state index contributed by atoms with van der Waals surface area (Å²) in [5.41, 5.74) is 10.3. The van der Waals surface area contributed by atoms with Crippen LogP contribution in [0.1, 0.15) is 21.5 Å². The van der Waals surface area contributed by atoms with Crippen molar-refractivity contribution in [3.63, 3.8) is 0 Å². The van der Waals surface area contributed by atoms with Crippen molar-refractivity contribution in [2.75, 3.05) is 11.1 Å². The van der Waals surface area contributed by atoms with Gasteiger partial charge in [-0.1, -0.05) is 6.07 Å². The van der Waals surface area contributed by atoms with Crippen molar-refractivity contribution in [2.45, 2.75) is 13.8 Å². The van der Waals surface area contributed by atoms with Gasteiger partial charge in [0.2, 0.25) is 0 Å². The first kappa shape index (κ1) is 13.1. The maximum Gasteiger partial charge on any atom is 0.259 e. The van der Waals surface area contributed by atoms with Gasteiger partial charge in [-0.3, -0.25) is 9.78 Å². The predicted octanol–water partition coefficient (Wildman–Crippen LogP) is 2.18. The van der Waals surface area contributed by atoms with Crippen molar-refractivity contribution >= 4 is 22.8 Å². The molecule has 0 atom stereocenters. The Morgan fingerprint density at radius 2 is 2.05 bits per heavy atom. The summed E-state index contributed by atoms with van der Waals surface area (Å²) in [5.74, 6) is -0.232. The average molecular weight is 281 g/mol. The number of anilines is 2. The molecule has 0 fully saturated rings. The van der Waals surface area contributed by atoms with Crippen LogP contribution < -0.4 is 11.1 Å². The molecule has 3 aromatic rings. The molecule has 3 rings (SSSR count). The number of carbonyl (C=O) groups is 1. The summed E-state index contributed by atoms with van der Waals surface area (Å²) in [5, 5.41) is 7.00. The molecular weight excluding hydrogens is 266 g/mol. The number of fused-ring (bicyclic) bond motifs is 1. The second kappa shape index (κ2) is 4.90. The summed E-state index contributed by atoms with van der Waals surface area (Å²) in [6, 6.07) is 3.72. The lowest BCUT2D eigenvalue weighted by Gasteiger charge is -2.10. The first-order valence-corrected chi connectivity index (χ1v) is 6.51. The summed E-state index contributed by atoms with van der Waals surface area (Å²) in [7, 11) is 0. The number of aryl methyl sites for hydroxylation is 2. The zero-order valence-corrected chi connectivity index (χ0v) is 11.8. The molecule has 1 aromatic carbocycles. The van der Waals surface area contributed by atoms with Crippen molar-refractivity contribution < 1.29 is 4.79 Å². The van der Waals surface area contributed by atoms with Crippen molar-refractivity contribution in [3.8, 4) is 0 Å². The highest BCUT2D eigenvalue weighted by atomic mass is 16.1. The van der Waals surface area contributed by atoms with Gasteiger partial charge >= 0.3 is 0 Å². The first-order chi connectivity index (χ1) is 10.1. The number of hydrogen-bond donors (Lipinski definition) is 2. The Morgan fingerprint density at radius 3 is 2.86 bits per heavy atom. The number of aromatic nitrogens is 3. The van der Waals surface area contributed by atoms with Gasteiger partial charge in [-0.05, 0) is 31.0 Å². The third kappa shape index (κ3) is 2.31. The van der Waals surface area contributed by atoms with E-state index < -0.39 is 0 Å². The van der Waals surface area contributed by atoms with E-state index in [4.69, 9.17) is 5.73 Å². The number of rotatable bonds is 2. The van der Waals surface area contributed by atoms with E-state index in [0.29, 0.717) is 22.5 Å².